The minimum Gasteiger partial charge on any atom is -0.334 e. The number of rotatable bonds is 4. The summed E-state index contributed by atoms with van der Waals surface area (Å²) in [6.07, 6.45) is 0. The molecule has 0 aliphatic rings. The molecule has 1 aromatic heterocycles. The first kappa shape index (κ1) is 13.5. The van der Waals surface area contributed by atoms with Crippen LogP contribution in [0.15, 0.2) is 6.07 Å². The molecular formula is C12H18ClNOS. The molecule has 1 aromatic rings. The number of aryl methyl sites for hydroxylation is 2. The lowest BCUT2D eigenvalue weighted by Crippen LogP contribution is -2.37. The highest BCUT2D eigenvalue weighted by Gasteiger charge is 2.20. The van der Waals surface area contributed by atoms with Gasteiger partial charge in [0.25, 0.3) is 5.91 Å². The van der Waals surface area contributed by atoms with Crippen molar-refractivity contribution >= 4 is 28.8 Å². The van der Waals surface area contributed by atoms with E-state index >= 15 is 0 Å². The van der Waals surface area contributed by atoms with E-state index in [9.17, 15) is 4.79 Å². The monoisotopic (exact) mass is 259 g/mol. The van der Waals surface area contributed by atoms with E-state index in [1.165, 1.54) is 10.4 Å². The van der Waals surface area contributed by atoms with Gasteiger partial charge in [-0.05, 0) is 39.3 Å². The Morgan fingerprint density at radius 2 is 2.12 bits per heavy atom. The van der Waals surface area contributed by atoms with Crippen LogP contribution >= 0.6 is 22.9 Å². The van der Waals surface area contributed by atoms with Gasteiger partial charge in [-0.3, -0.25) is 4.79 Å². The minimum atomic E-state index is 0.0943. The smallest absolute Gasteiger partial charge is 0.264 e. The molecule has 1 amide bonds. The van der Waals surface area contributed by atoms with E-state index in [1.807, 2.05) is 38.7 Å². The Kier molecular flexibility index (Phi) is 4.81. The van der Waals surface area contributed by atoms with Crippen molar-refractivity contribution in [3.05, 3.63) is 21.4 Å². The largest absolute Gasteiger partial charge is 0.334 e. The summed E-state index contributed by atoms with van der Waals surface area (Å²) >= 11 is 7.28. The van der Waals surface area contributed by atoms with Crippen LogP contribution in [0.4, 0.5) is 0 Å². The van der Waals surface area contributed by atoms with Crippen molar-refractivity contribution in [2.24, 2.45) is 0 Å². The maximum Gasteiger partial charge on any atom is 0.264 e. The van der Waals surface area contributed by atoms with Gasteiger partial charge in [0, 0.05) is 23.3 Å². The standard InChI is InChI=1S/C12H18ClNOS/c1-8(2)14(6-5-13)12(15)11-7-9(3)10(4)16-11/h7-8H,5-6H2,1-4H3. The molecule has 16 heavy (non-hydrogen) atoms. The first-order chi connectivity index (χ1) is 7.47. The number of alkyl halides is 1. The number of hydrogen-bond acceptors (Lipinski definition) is 2. The van der Waals surface area contributed by atoms with Crippen LogP contribution in [-0.4, -0.2) is 29.3 Å². The van der Waals surface area contributed by atoms with Gasteiger partial charge in [0.1, 0.15) is 0 Å². The normalized spacial score (nSPS) is 10.9. The summed E-state index contributed by atoms with van der Waals surface area (Å²) < 4.78 is 0. The summed E-state index contributed by atoms with van der Waals surface area (Å²) in [6, 6.07) is 2.15. The van der Waals surface area contributed by atoms with Crippen molar-refractivity contribution in [2.45, 2.75) is 33.7 Å². The van der Waals surface area contributed by atoms with Crippen molar-refractivity contribution in [3.8, 4) is 0 Å². The number of amides is 1. The van der Waals surface area contributed by atoms with Crippen molar-refractivity contribution in [1.82, 2.24) is 4.90 Å². The fourth-order valence-corrected chi connectivity index (χ4v) is 2.68. The van der Waals surface area contributed by atoms with E-state index in [0.717, 1.165) is 4.88 Å². The molecule has 0 saturated carbocycles. The zero-order chi connectivity index (χ0) is 12.3. The van der Waals surface area contributed by atoms with Crippen LogP contribution < -0.4 is 0 Å². The summed E-state index contributed by atoms with van der Waals surface area (Å²) in [5, 5.41) is 0. The molecule has 0 unspecified atom stereocenters. The Morgan fingerprint density at radius 3 is 2.50 bits per heavy atom. The fourth-order valence-electron chi connectivity index (χ4n) is 1.51. The lowest BCUT2D eigenvalue weighted by atomic mass is 10.2. The Labute approximate surface area is 106 Å². The summed E-state index contributed by atoms with van der Waals surface area (Å²) in [6.45, 7) is 8.70. The molecule has 0 saturated heterocycles. The molecule has 0 radical (unpaired) electrons. The number of nitrogens with zero attached hydrogens (tertiary/aromatic N) is 1. The zero-order valence-electron chi connectivity index (χ0n) is 10.2. The molecule has 4 heteroatoms. The Bertz CT molecular complexity index is 354. The van der Waals surface area contributed by atoms with Crippen LogP contribution in [0.1, 0.15) is 34.0 Å². The van der Waals surface area contributed by atoms with E-state index < -0.39 is 0 Å². The average Bonchev–Trinajstić information content (AvgIpc) is 2.54. The van der Waals surface area contributed by atoms with Gasteiger partial charge in [-0.25, -0.2) is 0 Å². The average molecular weight is 260 g/mol. The minimum absolute atomic E-state index is 0.0943. The second kappa shape index (κ2) is 5.69. The maximum atomic E-state index is 12.2. The highest BCUT2D eigenvalue weighted by atomic mass is 35.5. The third-order valence-electron chi connectivity index (χ3n) is 2.59. The molecule has 0 aliphatic carbocycles. The van der Waals surface area contributed by atoms with Gasteiger partial charge < -0.3 is 4.90 Å². The fraction of sp³-hybridized carbons (Fsp3) is 0.583. The van der Waals surface area contributed by atoms with Gasteiger partial charge in [0.2, 0.25) is 0 Å². The van der Waals surface area contributed by atoms with Crippen molar-refractivity contribution in [3.63, 3.8) is 0 Å². The highest BCUT2D eigenvalue weighted by molar-refractivity contribution is 7.14. The summed E-state index contributed by atoms with van der Waals surface area (Å²) in [5.74, 6) is 0.574. The second-order valence-corrected chi connectivity index (χ2v) is 5.77. The second-order valence-electron chi connectivity index (χ2n) is 4.13. The van der Waals surface area contributed by atoms with E-state index in [2.05, 4.69) is 0 Å². The Balaban J connectivity index is 2.90. The first-order valence-electron chi connectivity index (χ1n) is 5.41. The zero-order valence-corrected chi connectivity index (χ0v) is 11.8. The van der Waals surface area contributed by atoms with Gasteiger partial charge in [-0.1, -0.05) is 0 Å². The van der Waals surface area contributed by atoms with Gasteiger partial charge >= 0.3 is 0 Å². The lowest BCUT2D eigenvalue weighted by Gasteiger charge is -2.25. The maximum absolute atomic E-state index is 12.2. The predicted molar refractivity (Wildman–Crippen MR) is 70.7 cm³/mol. The molecule has 90 valence electrons. The molecule has 0 bridgehead atoms. The van der Waals surface area contributed by atoms with E-state index in [1.54, 1.807) is 11.3 Å². The topological polar surface area (TPSA) is 20.3 Å². The molecule has 0 atom stereocenters. The lowest BCUT2D eigenvalue weighted by molar-refractivity contribution is 0.0723. The summed E-state index contributed by atoms with van der Waals surface area (Å²) in [7, 11) is 0. The van der Waals surface area contributed by atoms with Crippen LogP contribution in [0.25, 0.3) is 0 Å². The number of thiophene rings is 1. The summed E-state index contributed by atoms with van der Waals surface area (Å²) in [5.41, 5.74) is 1.18. The van der Waals surface area contributed by atoms with Gasteiger partial charge in [0.05, 0.1) is 4.88 Å². The van der Waals surface area contributed by atoms with E-state index in [4.69, 9.17) is 11.6 Å². The Hall–Kier alpha value is -0.540. The van der Waals surface area contributed by atoms with Crippen LogP contribution in [0.3, 0.4) is 0 Å². The predicted octanol–water partition coefficient (Wildman–Crippen LogP) is 3.45. The SMILES string of the molecule is Cc1cc(C(=O)N(CCCl)C(C)C)sc1C. The number of halogens is 1. The van der Waals surface area contributed by atoms with Gasteiger partial charge in [-0.15, -0.1) is 22.9 Å². The molecule has 1 heterocycles. The molecule has 2 nitrogen and oxygen atoms in total. The first-order valence-corrected chi connectivity index (χ1v) is 6.76. The van der Waals surface area contributed by atoms with Crippen LogP contribution in [0.2, 0.25) is 0 Å². The molecule has 0 aromatic carbocycles. The third kappa shape index (κ3) is 2.98. The molecule has 0 N–H and O–H groups in total. The van der Waals surface area contributed by atoms with Crippen molar-refractivity contribution in [2.75, 3.05) is 12.4 Å². The van der Waals surface area contributed by atoms with Crippen molar-refractivity contribution < 1.29 is 4.79 Å². The summed E-state index contributed by atoms with van der Waals surface area (Å²) in [4.78, 5) is 16.1. The Morgan fingerprint density at radius 1 is 1.50 bits per heavy atom. The molecular weight excluding hydrogens is 242 g/mol. The van der Waals surface area contributed by atoms with Gasteiger partial charge in [0.15, 0.2) is 0 Å². The van der Waals surface area contributed by atoms with Crippen LogP contribution in [0, 0.1) is 13.8 Å². The van der Waals surface area contributed by atoms with Crippen LogP contribution in [0.5, 0.6) is 0 Å². The molecule has 0 aliphatic heterocycles. The van der Waals surface area contributed by atoms with E-state index in [-0.39, 0.29) is 11.9 Å². The quantitative estimate of drug-likeness (QED) is 0.759. The number of carbonyl (C=O) groups is 1. The van der Waals surface area contributed by atoms with E-state index in [0.29, 0.717) is 12.4 Å². The molecule has 0 spiro atoms. The van der Waals surface area contributed by atoms with Crippen LogP contribution in [-0.2, 0) is 0 Å². The van der Waals surface area contributed by atoms with Crippen molar-refractivity contribution in [1.29, 1.82) is 0 Å². The highest BCUT2D eigenvalue weighted by Crippen LogP contribution is 2.22. The van der Waals surface area contributed by atoms with Gasteiger partial charge in [-0.2, -0.15) is 0 Å². The number of hydrogen-bond donors (Lipinski definition) is 0. The number of carbonyl (C=O) groups excluding carboxylic acids is 1. The molecule has 0 fully saturated rings. The third-order valence-corrected chi connectivity index (χ3v) is 3.90. The molecule has 1 rings (SSSR count).